The third kappa shape index (κ3) is 2.55. The van der Waals surface area contributed by atoms with E-state index in [-0.39, 0.29) is 0 Å². The molecule has 2 atom stereocenters. The first-order valence-corrected chi connectivity index (χ1v) is 4.08. The van der Waals surface area contributed by atoms with Crippen molar-refractivity contribution in [2.75, 3.05) is 0 Å². The van der Waals surface area contributed by atoms with Crippen molar-refractivity contribution in [1.29, 1.82) is 0 Å². The molecule has 0 aromatic heterocycles. The van der Waals surface area contributed by atoms with Crippen molar-refractivity contribution in [2.24, 2.45) is 11.7 Å². The van der Waals surface area contributed by atoms with Crippen LogP contribution in [-0.2, 0) is 0 Å². The molecule has 0 amide bonds. The molecule has 2 unspecified atom stereocenters. The highest BCUT2D eigenvalue weighted by Crippen LogP contribution is 2.15. The molecule has 0 aliphatic heterocycles. The van der Waals surface area contributed by atoms with Gasteiger partial charge in [-0.1, -0.05) is 25.2 Å². The quantitative estimate of drug-likeness (QED) is 0.532. The van der Waals surface area contributed by atoms with E-state index in [4.69, 9.17) is 5.73 Å². The Hall–Kier alpha value is -1.02. The molecule has 1 aliphatic rings. The summed E-state index contributed by atoms with van der Waals surface area (Å²) in [5, 5.41) is 9.69. The van der Waals surface area contributed by atoms with Gasteiger partial charge in [0.1, 0.15) is 5.60 Å². The predicted molar refractivity (Wildman–Crippen MR) is 50.3 cm³/mol. The zero-order valence-electron chi connectivity index (χ0n) is 7.49. The average Bonchev–Trinajstić information content (AvgIpc) is 1.95. The monoisotopic (exact) mass is 165 g/mol. The molecule has 0 fully saturated rings. The lowest BCUT2D eigenvalue weighted by molar-refractivity contribution is 0.162. The molecule has 1 rings (SSSR count). The standard InChI is InChI=1S/C10H15NO/c1-8-3-4-9(11)7-10(2,12)6-5-8/h3-8,12H,11H2,1-2H3/b4-3-,6-5-,9-7+. The Labute approximate surface area is 73.1 Å². The van der Waals surface area contributed by atoms with Gasteiger partial charge < -0.3 is 10.8 Å². The number of nitrogens with two attached hydrogens (primary N) is 1. The van der Waals surface area contributed by atoms with E-state index >= 15 is 0 Å². The van der Waals surface area contributed by atoms with Gasteiger partial charge >= 0.3 is 0 Å². The summed E-state index contributed by atoms with van der Waals surface area (Å²) in [5.74, 6) is 0.323. The van der Waals surface area contributed by atoms with Crippen LogP contribution < -0.4 is 5.73 Å². The van der Waals surface area contributed by atoms with Crippen LogP contribution in [0.5, 0.6) is 0 Å². The molecule has 2 heteroatoms. The minimum atomic E-state index is -0.914. The second-order valence-corrected chi connectivity index (χ2v) is 3.45. The molecule has 0 radical (unpaired) electrons. The van der Waals surface area contributed by atoms with Crippen LogP contribution in [0.3, 0.4) is 0 Å². The minimum Gasteiger partial charge on any atom is -0.399 e. The Morgan fingerprint density at radius 2 is 2.17 bits per heavy atom. The van der Waals surface area contributed by atoms with Crippen LogP contribution in [0.15, 0.2) is 36.1 Å². The van der Waals surface area contributed by atoms with Crippen molar-refractivity contribution in [1.82, 2.24) is 0 Å². The summed E-state index contributed by atoms with van der Waals surface area (Å²) < 4.78 is 0. The van der Waals surface area contributed by atoms with Gasteiger partial charge in [0.25, 0.3) is 0 Å². The zero-order valence-corrected chi connectivity index (χ0v) is 7.49. The molecule has 66 valence electrons. The summed E-state index contributed by atoms with van der Waals surface area (Å²) >= 11 is 0. The molecule has 0 saturated heterocycles. The second kappa shape index (κ2) is 3.15. The van der Waals surface area contributed by atoms with Crippen LogP contribution in [-0.4, -0.2) is 10.7 Å². The van der Waals surface area contributed by atoms with E-state index < -0.39 is 5.60 Å². The first-order valence-electron chi connectivity index (χ1n) is 4.08. The van der Waals surface area contributed by atoms with Crippen LogP contribution in [0.4, 0.5) is 0 Å². The molecule has 0 bridgehead atoms. The Morgan fingerprint density at radius 3 is 2.83 bits per heavy atom. The van der Waals surface area contributed by atoms with Gasteiger partial charge in [0.05, 0.1) is 0 Å². The average molecular weight is 165 g/mol. The number of allylic oxidation sites excluding steroid dienone is 3. The van der Waals surface area contributed by atoms with E-state index in [9.17, 15) is 5.11 Å². The van der Waals surface area contributed by atoms with Crippen molar-refractivity contribution in [3.05, 3.63) is 36.1 Å². The maximum Gasteiger partial charge on any atom is 0.100 e. The predicted octanol–water partition coefficient (Wildman–Crippen LogP) is 1.34. The van der Waals surface area contributed by atoms with E-state index in [1.165, 1.54) is 0 Å². The van der Waals surface area contributed by atoms with Crippen LogP contribution in [0, 0.1) is 5.92 Å². The molecule has 12 heavy (non-hydrogen) atoms. The van der Waals surface area contributed by atoms with E-state index in [1.54, 1.807) is 19.1 Å². The zero-order chi connectivity index (χ0) is 9.19. The Balaban J connectivity index is 2.98. The van der Waals surface area contributed by atoms with Gasteiger partial charge in [0.15, 0.2) is 0 Å². The van der Waals surface area contributed by atoms with E-state index in [0.29, 0.717) is 11.6 Å². The van der Waals surface area contributed by atoms with Crippen molar-refractivity contribution >= 4 is 0 Å². The molecule has 0 saturated carbocycles. The summed E-state index contributed by atoms with van der Waals surface area (Å²) in [6.07, 6.45) is 9.17. The lowest BCUT2D eigenvalue weighted by Gasteiger charge is -2.16. The summed E-state index contributed by atoms with van der Waals surface area (Å²) in [6.45, 7) is 3.75. The van der Waals surface area contributed by atoms with E-state index in [2.05, 4.69) is 0 Å². The fourth-order valence-electron chi connectivity index (χ4n) is 1.11. The van der Waals surface area contributed by atoms with Crippen molar-refractivity contribution in [2.45, 2.75) is 19.4 Å². The topological polar surface area (TPSA) is 46.2 Å². The van der Waals surface area contributed by atoms with Gasteiger partial charge in [-0.15, -0.1) is 0 Å². The lowest BCUT2D eigenvalue weighted by Crippen LogP contribution is -2.20. The van der Waals surface area contributed by atoms with Gasteiger partial charge in [-0.3, -0.25) is 0 Å². The molecule has 0 aromatic carbocycles. The number of hydrogen-bond donors (Lipinski definition) is 2. The summed E-state index contributed by atoms with van der Waals surface area (Å²) in [5.41, 5.74) is 5.32. The van der Waals surface area contributed by atoms with Crippen molar-refractivity contribution < 1.29 is 5.11 Å². The Kier molecular flexibility index (Phi) is 2.38. The van der Waals surface area contributed by atoms with Gasteiger partial charge in [-0.05, 0) is 25.0 Å². The summed E-state index contributed by atoms with van der Waals surface area (Å²) in [7, 11) is 0. The fourth-order valence-corrected chi connectivity index (χ4v) is 1.11. The van der Waals surface area contributed by atoms with Gasteiger partial charge in [-0.25, -0.2) is 0 Å². The molecular formula is C10H15NO. The number of hydrogen-bond acceptors (Lipinski definition) is 2. The normalized spacial score (nSPS) is 45.2. The molecule has 3 N–H and O–H groups in total. The SMILES string of the molecule is CC1/C=C\C(N)=C/C(C)(O)/C=C\1. The molecule has 0 aromatic rings. The minimum absolute atomic E-state index is 0.323. The maximum absolute atomic E-state index is 9.69. The van der Waals surface area contributed by atoms with Crippen molar-refractivity contribution in [3.8, 4) is 0 Å². The Morgan fingerprint density at radius 1 is 1.50 bits per heavy atom. The first-order chi connectivity index (χ1) is 5.49. The van der Waals surface area contributed by atoms with Crippen LogP contribution >= 0.6 is 0 Å². The highest BCUT2D eigenvalue weighted by molar-refractivity contribution is 5.27. The van der Waals surface area contributed by atoms with Crippen molar-refractivity contribution in [3.63, 3.8) is 0 Å². The molecule has 2 nitrogen and oxygen atoms in total. The van der Waals surface area contributed by atoms with Crippen LogP contribution in [0.1, 0.15) is 13.8 Å². The first kappa shape index (κ1) is 9.07. The Bertz CT molecular complexity index is 249. The largest absolute Gasteiger partial charge is 0.399 e. The number of rotatable bonds is 0. The molecular weight excluding hydrogens is 150 g/mol. The summed E-state index contributed by atoms with van der Waals surface area (Å²) in [4.78, 5) is 0. The fraction of sp³-hybridized carbons (Fsp3) is 0.400. The van der Waals surface area contributed by atoms with Gasteiger partial charge in [-0.2, -0.15) is 0 Å². The third-order valence-electron chi connectivity index (χ3n) is 1.79. The molecule has 0 heterocycles. The van der Waals surface area contributed by atoms with Gasteiger partial charge in [0, 0.05) is 5.70 Å². The third-order valence-corrected chi connectivity index (χ3v) is 1.79. The second-order valence-electron chi connectivity index (χ2n) is 3.45. The summed E-state index contributed by atoms with van der Waals surface area (Å²) in [6, 6.07) is 0. The number of aliphatic hydroxyl groups is 1. The van der Waals surface area contributed by atoms with E-state index in [1.807, 2.05) is 25.2 Å². The van der Waals surface area contributed by atoms with E-state index in [0.717, 1.165) is 0 Å². The lowest BCUT2D eigenvalue weighted by atomic mass is 9.98. The van der Waals surface area contributed by atoms with Crippen LogP contribution in [0.25, 0.3) is 0 Å². The smallest absolute Gasteiger partial charge is 0.100 e. The van der Waals surface area contributed by atoms with Gasteiger partial charge in [0.2, 0.25) is 0 Å². The highest BCUT2D eigenvalue weighted by atomic mass is 16.3. The maximum atomic E-state index is 9.69. The van der Waals surface area contributed by atoms with Crippen LogP contribution in [0.2, 0.25) is 0 Å². The highest BCUT2D eigenvalue weighted by Gasteiger charge is 2.13. The molecule has 1 aliphatic carbocycles. The molecule has 0 spiro atoms.